The Labute approximate surface area is 166 Å². The summed E-state index contributed by atoms with van der Waals surface area (Å²) in [5.74, 6) is -1.75. The maximum Gasteiger partial charge on any atom is 0.251 e. The first kappa shape index (κ1) is 26.7. The predicted molar refractivity (Wildman–Crippen MR) is 105 cm³/mol. The maximum atomic E-state index is 11.8. The quantitative estimate of drug-likeness (QED) is 0.124. The number of carbonyl (C=O) groups excluding carboxylic acids is 2. The molecule has 0 aliphatic carbocycles. The molecule has 0 saturated heterocycles. The lowest BCUT2D eigenvalue weighted by atomic mass is 10.0. The van der Waals surface area contributed by atoms with Crippen molar-refractivity contribution in [3.63, 3.8) is 0 Å². The van der Waals surface area contributed by atoms with Crippen molar-refractivity contribution in [1.82, 2.24) is 10.6 Å². The summed E-state index contributed by atoms with van der Waals surface area (Å²) in [4.78, 5) is 23.6. The Morgan fingerprint density at radius 2 is 0.929 bits per heavy atom. The summed E-state index contributed by atoms with van der Waals surface area (Å²) in [6.45, 7) is 1.83. The van der Waals surface area contributed by atoms with Gasteiger partial charge in [-0.3, -0.25) is 9.59 Å². The van der Waals surface area contributed by atoms with Crippen LogP contribution in [0.2, 0.25) is 0 Å². The molecule has 0 aromatic carbocycles. The molecule has 0 saturated carbocycles. The van der Waals surface area contributed by atoms with Crippen LogP contribution in [0.15, 0.2) is 0 Å². The van der Waals surface area contributed by atoms with Crippen molar-refractivity contribution >= 4 is 11.8 Å². The first-order valence-electron chi connectivity index (χ1n) is 10.0. The molecule has 0 fully saturated rings. The Bertz CT molecular complexity index is 389. The number of amides is 2. The fourth-order valence-electron chi connectivity index (χ4n) is 2.56. The predicted octanol–water partition coefficient (Wildman–Crippen LogP) is -2.30. The van der Waals surface area contributed by atoms with Crippen LogP contribution in [0.1, 0.15) is 51.4 Å². The zero-order valence-corrected chi connectivity index (χ0v) is 16.6. The number of unbranched alkanes of at least 4 members (excludes halogenated alkanes) is 6. The number of hydrogen-bond acceptors (Lipinski definition) is 8. The van der Waals surface area contributed by atoms with E-state index in [4.69, 9.17) is 11.5 Å². The smallest absolute Gasteiger partial charge is 0.251 e. The van der Waals surface area contributed by atoms with E-state index in [2.05, 4.69) is 10.6 Å². The highest BCUT2D eigenvalue weighted by Crippen LogP contribution is 2.07. The van der Waals surface area contributed by atoms with Crippen LogP contribution in [0, 0.1) is 0 Å². The Hall–Kier alpha value is -1.30. The lowest BCUT2D eigenvalue weighted by molar-refractivity contribution is -0.155. The number of nitrogens with one attached hydrogen (secondary N) is 2. The van der Waals surface area contributed by atoms with Gasteiger partial charge in [-0.1, -0.05) is 25.7 Å². The van der Waals surface area contributed by atoms with E-state index >= 15 is 0 Å². The van der Waals surface area contributed by atoms with Gasteiger partial charge < -0.3 is 42.5 Å². The molecule has 166 valence electrons. The zero-order chi connectivity index (χ0) is 21.4. The van der Waals surface area contributed by atoms with Crippen molar-refractivity contribution in [3.05, 3.63) is 0 Å². The SMILES string of the molecule is NCCCCCCNC(=O)[C@@H](O)[C@H](O)[C@H](O)[C@@H](O)C(=O)NCCCCCCN. The first-order chi connectivity index (χ1) is 13.4. The Morgan fingerprint density at radius 1 is 0.607 bits per heavy atom. The molecule has 0 spiro atoms. The number of aliphatic hydroxyl groups is 4. The normalized spacial score (nSPS) is 15.5. The maximum absolute atomic E-state index is 11.8. The van der Waals surface area contributed by atoms with E-state index in [1.807, 2.05) is 0 Å². The minimum atomic E-state index is -2.00. The van der Waals surface area contributed by atoms with Crippen molar-refractivity contribution in [2.75, 3.05) is 26.2 Å². The largest absolute Gasteiger partial charge is 0.387 e. The van der Waals surface area contributed by atoms with Crippen LogP contribution in [-0.4, -0.2) is 82.8 Å². The number of rotatable bonds is 17. The molecule has 0 aromatic heterocycles. The standard InChI is InChI=1S/C18H38N4O6/c19-9-5-1-3-7-11-21-17(27)15(25)13(23)14(24)16(26)18(28)22-12-8-4-2-6-10-20/h13-16,23-26H,1-12,19-20H2,(H,21,27)(H,22,28)/t13-,14+,15+,16-. The fraction of sp³-hybridized carbons (Fsp3) is 0.889. The van der Waals surface area contributed by atoms with Crippen molar-refractivity contribution in [1.29, 1.82) is 0 Å². The van der Waals surface area contributed by atoms with Gasteiger partial charge in [0, 0.05) is 13.1 Å². The molecule has 28 heavy (non-hydrogen) atoms. The summed E-state index contributed by atoms with van der Waals surface area (Å²) in [7, 11) is 0. The Balaban J connectivity index is 4.17. The molecule has 0 aliphatic rings. The molecule has 0 rings (SSSR count). The molecular weight excluding hydrogens is 368 g/mol. The van der Waals surface area contributed by atoms with E-state index in [0.29, 0.717) is 39.0 Å². The van der Waals surface area contributed by atoms with Crippen LogP contribution in [0.3, 0.4) is 0 Å². The van der Waals surface area contributed by atoms with Crippen LogP contribution in [0.25, 0.3) is 0 Å². The molecule has 4 atom stereocenters. The number of carbonyl (C=O) groups is 2. The Kier molecular flexibility index (Phi) is 15.9. The van der Waals surface area contributed by atoms with Crippen LogP contribution in [0.5, 0.6) is 0 Å². The van der Waals surface area contributed by atoms with Crippen LogP contribution >= 0.6 is 0 Å². The van der Waals surface area contributed by atoms with Crippen molar-refractivity contribution in [2.24, 2.45) is 11.5 Å². The zero-order valence-electron chi connectivity index (χ0n) is 16.6. The minimum absolute atomic E-state index is 0.302. The van der Waals surface area contributed by atoms with Crippen LogP contribution in [0.4, 0.5) is 0 Å². The van der Waals surface area contributed by atoms with Crippen molar-refractivity contribution in [2.45, 2.75) is 75.8 Å². The van der Waals surface area contributed by atoms with Gasteiger partial charge in [0.25, 0.3) is 11.8 Å². The second-order valence-corrected chi connectivity index (χ2v) is 6.86. The third-order valence-electron chi connectivity index (χ3n) is 4.39. The highest BCUT2D eigenvalue weighted by Gasteiger charge is 2.37. The molecule has 0 heterocycles. The van der Waals surface area contributed by atoms with Gasteiger partial charge in [0.1, 0.15) is 12.2 Å². The summed E-state index contributed by atoms with van der Waals surface area (Å²) in [6, 6.07) is 0. The van der Waals surface area contributed by atoms with E-state index in [1.165, 1.54) is 0 Å². The average molecular weight is 407 g/mol. The summed E-state index contributed by atoms with van der Waals surface area (Å²) < 4.78 is 0. The number of aliphatic hydroxyl groups excluding tert-OH is 4. The van der Waals surface area contributed by atoms with Crippen molar-refractivity contribution in [3.8, 4) is 0 Å². The van der Waals surface area contributed by atoms with Gasteiger partial charge >= 0.3 is 0 Å². The van der Waals surface area contributed by atoms with Gasteiger partial charge in [-0.15, -0.1) is 0 Å². The molecule has 0 aliphatic heterocycles. The van der Waals surface area contributed by atoms with Gasteiger partial charge in [0.15, 0.2) is 12.2 Å². The number of hydrogen-bond donors (Lipinski definition) is 8. The van der Waals surface area contributed by atoms with Gasteiger partial charge in [0.05, 0.1) is 0 Å². The van der Waals surface area contributed by atoms with Crippen LogP contribution in [-0.2, 0) is 9.59 Å². The minimum Gasteiger partial charge on any atom is -0.387 e. The van der Waals surface area contributed by atoms with E-state index < -0.39 is 36.2 Å². The molecule has 0 unspecified atom stereocenters. The van der Waals surface area contributed by atoms with Gasteiger partial charge in [-0.05, 0) is 38.8 Å². The lowest BCUT2D eigenvalue weighted by Gasteiger charge is -2.25. The molecule has 10 nitrogen and oxygen atoms in total. The van der Waals surface area contributed by atoms with E-state index in [9.17, 15) is 30.0 Å². The molecule has 0 radical (unpaired) electrons. The summed E-state index contributed by atoms with van der Waals surface area (Å²) in [6.07, 6.45) is -1.14. The topological polar surface area (TPSA) is 191 Å². The second-order valence-electron chi connectivity index (χ2n) is 6.86. The van der Waals surface area contributed by atoms with E-state index in [-0.39, 0.29) is 0 Å². The molecule has 2 amide bonds. The summed E-state index contributed by atoms with van der Waals surface area (Å²) in [5.41, 5.74) is 10.8. The van der Waals surface area contributed by atoms with E-state index in [1.54, 1.807) is 0 Å². The average Bonchev–Trinajstić information content (AvgIpc) is 2.70. The second kappa shape index (κ2) is 16.6. The lowest BCUT2D eigenvalue weighted by Crippen LogP contribution is -2.54. The van der Waals surface area contributed by atoms with Gasteiger partial charge in [-0.25, -0.2) is 0 Å². The summed E-state index contributed by atoms with van der Waals surface area (Å²) in [5, 5.41) is 44.3. The van der Waals surface area contributed by atoms with E-state index in [0.717, 1.165) is 38.5 Å². The molecule has 0 aromatic rings. The van der Waals surface area contributed by atoms with Crippen LogP contribution < -0.4 is 22.1 Å². The highest BCUT2D eigenvalue weighted by atomic mass is 16.4. The third kappa shape index (κ3) is 11.5. The van der Waals surface area contributed by atoms with Gasteiger partial charge in [0.2, 0.25) is 0 Å². The molecule has 10 heteroatoms. The van der Waals surface area contributed by atoms with Gasteiger partial charge in [-0.2, -0.15) is 0 Å². The van der Waals surface area contributed by atoms with Crippen molar-refractivity contribution < 1.29 is 30.0 Å². The molecular formula is C18H38N4O6. The molecule has 10 N–H and O–H groups in total. The first-order valence-corrected chi connectivity index (χ1v) is 10.0. The number of nitrogens with two attached hydrogens (primary N) is 2. The highest BCUT2D eigenvalue weighted by molar-refractivity contribution is 5.83. The Morgan fingerprint density at radius 3 is 1.25 bits per heavy atom. The summed E-state index contributed by atoms with van der Waals surface area (Å²) >= 11 is 0. The third-order valence-corrected chi connectivity index (χ3v) is 4.39. The molecule has 0 bridgehead atoms. The monoisotopic (exact) mass is 406 g/mol. The fourth-order valence-corrected chi connectivity index (χ4v) is 2.56.